The lowest BCUT2D eigenvalue weighted by atomic mass is 9.90. The molecule has 19 heavy (non-hydrogen) atoms. The Morgan fingerprint density at radius 1 is 0.526 bits per heavy atom. The molecule has 0 unspecified atom stereocenters. The molecular weight excluding hydrogens is 228 g/mol. The highest BCUT2D eigenvalue weighted by molar-refractivity contribution is 5.34. The fourth-order valence-corrected chi connectivity index (χ4v) is 4.10. The first-order valence-electron chi connectivity index (χ1n) is 7.52. The molecule has 0 saturated heterocycles. The van der Waals surface area contributed by atoms with Crippen LogP contribution in [0.25, 0.3) is 0 Å². The quantitative estimate of drug-likeness (QED) is 0.655. The van der Waals surface area contributed by atoms with Crippen LogP contribution in [0.2, 0.25) is 0 Å². The number of rotatable bonds is 0. The molecule has 2 bridgehead atoms. The van der Waals surface area contributed by atoms with Gasteiger partial charge in [-0.1, -0.05) is 48.5 Å². The van der Waals surface area contributed by atoms with Crippen LogP contribution < -0.4 is 0 Å². The molecule has 4 rings (SSSR count). The Balaban J connectivity index is 1.74. The summed E-state index contributed by atoms with van der Waals surface area (Å²) in [6, 6.07) is 18.2. The van der Waals surface area contributed by atoms with Crippen LogP contribution in [0.1, 0.15) is 28.7 Å². The zero-order valence-corrected chi connectivity index (χ0v) is 11.3. The maximum Gasteiger partial charge on any atom is -0.0244 e. The van der Waals surface area contributed by atoms with Crippen LogP contribution in [0, 0.1) is 11.8 Å². The summed E-state index contributed by atoms with van der Waals surface area (Å²) < 4.78 is 0. The van der Waals surface area contributed by atoms with Gasteiger partial charge in [0.2, 0.25) is 0 Å². The number of fused-ring (bicyclic) bond motifs is 4. The summed E-state index contributed by atoms with van der Waals surface area (Å²) >= 11 is 0. The molecule has 0 aromatic heterocycles. The first-order chi connectivity index (χ1) is 9.38. The van der Waals surface area contributed by atoms with Crippen molar-refractivity contribution in [2.24, 2.45) is 11.8 Å². The molecule has 0 atom stereocenters. The molecule has 2 aliphatic carbocycles. The van der Waals surface area contributed by atoms with Crippen LogP contribution in [-0.4, -0.2) is 0 Å². The second-order valence-corrected chi connectivity index (χ2v) is 6.32. The summed E-state index contributed by atoms with van der Waals surface area (Å²) in [5.41, 5.74) is 6.42. The molecule has 0 heterocycles. The molecular formula is C19H20. The summed E-state index contributed by atoms with van der Waals surface area (Å²) in [5.74, 6) is 1.69. The minimum absolute atomic E-state index is 0.845. The second-order valence-electron chi connectivity index (χ2n) is 6.32. The molecule has 2 aromatic carbocycles. The van der Waals surface area contributed by atoms with Crippen molar-refractivity contribution in [3.8, 4) is 0 Å². The lowest BCUT2D eigenvalue weighted by Gasteiger charge is -2.14. The van der Waals surface area contributed by atoms with Crippen LogP contribution in [0.3, 0.4) is 0 Å². The summed E-state index contributed by atoms with van der Waals surface area (Å²) in [4.78, 5) is 0. The third kappa shape index (κ3) is 2.10. The zero-order valence-electron chi connectivity index (χ0n) is 11.3. The summed E-state index contributed by atoms with van der Waals surface area (Å²) in [6.07, 6.45) is 6.52. The third-order valence-electron chi connectivity index (χ3n) is 4.94. The van der Waals surface area contributed by atoms with E-state index in [1.807, 2.05) is 0 Å². The van der Waals surface area contributed by atoms with Crippen LogP contribution in [0.15, 0.2) is 48.5 Å². The van der Waals surface area contributed by atoms with Gasteiger partial charge >= 0.3 is 0 Å². The minimum atomic E-state index is 0.845. The molecule has 0 radical (unpaired) electrons. The predicted octanol–water partition coefficient (Wildman–Crippen LogP) is 4.21. The van der Waals surface area contributed by atoms with Crippen molar-refractivity contribution in [3.63, 3.8) is 0 Å². The van der Waals surface area contributed by atoms with Crippen molar-refractivity contribution >= 4 is 0 Å². The Morgan fingerprint density at radius 3 is 1.16 bits per heavy atom. The van der Waals surface area contributed by atoms with Gasteiger partial charge in [-0.15, -0.1) is 0 Å². The fourth-order valence-electron chi connectivity index (χ4n) is 4.10. The number of benzene rings is 2. The average Bonchev–Trinajstić information content (AvgIpc) is 2.70. The summed E-state index contributed by atoms with van der Waals surface area (Å²) in [5, 5.41) is 0. The maximum absolute atomic E-state index is 2.35. The molecule has 0 heteroatoms. The van der Waals surface area contributed by atoms with Crippen molar-refractivity contribution in [1.82, 2.24) is 0 Å². The Morgan fingerprint density at radius 2 is 0.842 bits per heavy atom. The first kappa shape index (κ1) is 11.3. The van der Waals surface area contributed by atoms with E-state index < -0.39 is 0 Å². The van der Waals surface area contributed by atoms with Gasteiger partial charge in [-0.3, -0.25) is 0 Å². The van der Waals surface area contributed by atoms with E-state index in [1.165, 1.54) is 32.1 Å². The average molecular weight is 248 g/mol. The molecule has 0 N–H and O–H groups in total. The van der Waals surface area contributed by atoms with Gasteiger partial charge in [0.15, 0.2) is 0 Å². The maximum atomic E-state index is 2.35. The lowest BCUT2D eigenvalue weighted by molar-refractivity contribution is 0.392. The van der Waals surface area contributed by atoms with Crippen molar-refractivity contribution in [1.29, 1.82) is 0 Å². The van der Waals surface area contributed by atoms with Crippen LogP contribution in [-0.2, 0) is 25.7 Å². The van der Waals surface area contributed by atoms with E-state index in [0.717, 1.165) is 11.8 Å². The summed E-state index contributed by atoms with van der Waals surface area (Å²) in [6.45, 7) is 0. The van der Waals surface area contributed by atoms with Gasteiger partial charge in [-0.2, -0.15) is 0 Å². The Bertz CT molecular complexity index is 493. The lowest BCUT2D eigenvalue weighted by Crippen LogP contribution is -2.09. The monoisotopic (exact) mass is 248 g/mol. The predicted molar refractivity (Wildman–Crippen MR) is 79.3 cm³/mol. The van der Waals surface area contributed by atoms with Crippen molar-refractivity contribution in [2.75, 3.05) is 0 Å². The first-order valence-corrected chi connectivity index (χ1v) is 7.52. The van der Waals surface area contributed by atoms with E-state index in [-0.39, 0.29) is 0 Å². The molecule has 0 fully saturated rings. The van der Waals surface area contributed by atoms with Gasteiger partial charge in [-0.05, 0) is 66.2 Å². The van der Waals surface area contributed by atoms with Gasteiger partial charge < -0.3 is 0 Å². The molecule has 2 aliphatic rings. The molecule has 2 aromatic rings. The minimum Gasteiger partial charge on any atom is -0.0620 e. The largest absolute Gasteiger partial charge is 0.0620 e. The highest BCUT2D eigenvalue weighted by atomic mass is 14.3. The van der Waals surface area contributed by atoms with Gasteiger partial charge in [0.25, 0.3) is 0 Å². The standard InChI is InChI=1S/C19H20/c1-2-6-17-11-15-9-14(10-16(17)5-1)12-18-7-3-4-8-19(18)13-15/h1-8,14-15H,9-13H2. The fraction of sp³-hybridized carbons (Fsp3) is 0.368. The normalized spacial score (nSPS) is 24.8. The molecule has 96 valence electrons. The highest BCUT2D eigenvalue weighted by Gasteiger charge is 2.27. The molecule has 0 saturated carbocycles. The van der Waals surface area contributed by atoms with Crippen LogP contribution in [0.4, 0.5) is 0 Å². The molecule has 0 aliphatic heterocycles. The molecule has 0 spiro atoms. The molecule has 0 amide bonds. The highest BCUT2D eigenvalue weighted by Crippen LogP contribution is 2.36. The van der Waals surface area contributed by atoms with E-state index in [9.17, 15) is 0 Å². The zero-order chi connectivity index (χ0) is 12.7. The van der Waals surface area contributed by atoms with E-state index >= 15 is 0 Å². The van der Waals surface area contributed by atoms with E-state index in [2.05, 4.69) is 48.5 Å². The smallest absolute Gasteiger partial charge is 0.0244 e. The van der Waals surface area contributed by atoms with Crippen LogP contribution in [0.5, 0.6) is 0 Å². The van der Waals surface area contributed by atoms with Gasteiger partial charge in [0, 0.05) is 0 Å². The van der Waals surface area contributed by atoms with Crippen molar-refractivity contribution < 1.29 is 0 Å². The third-order valence-corrected chi connectivity index (χ3v) is 4.94. The Hall–Kier alpha value is -1.56. The van der Waals surface area contributed by atoms with Crippen LogP contribution >= 0.6 is 0 Å². The van der Waals surface area contributed by atoms with Gasteiger partial charge in [0.05, 0.1) is 0 Å². The molecule has 0 nitrogen and oxygen atoms in total. The van der Waals surface area contributed by atoms with E-state index in [1.54, 1.807) is 22.3 Å². The van der Waals surface area contributed by atoms with Gasteiger partial charge in [0.1, 0.15) is 0 Å². The Kier molecular flexibility index (Phi) is 2.69. The number of hydrogen-bond acceptors (Lipinski definition) is 0. The van der Waals surface area contributed by atoms with E-state index in [0.29, 0.717) is 0 Å². The SMILES string of the molecule is c1ccc2c(c1)CC1Cc3ccccc3CC(C2)C1. The second kappa shape index (κ2) is 4.52. The van der Waals surface area contributed by atoms with E-state index in [4.69, 9.17) is 0 Å². The van der Waals surface area contributed by atoms with Gasteiger partial charge in [-0.25, -0.2) is 0 Å². The van der Waals surface area contributed by atoms with Crippen molar-refractivity contribution in [3.05, 3.63) is 70.8 Å². The summed E-state index contributed by atoms with van der Waals surface area (Å²) in [7, 11) is 0. The topological polar surface area (TPSA) is 0 Å². The Labute approximate surface area is 115 Å². The number of hydrogen-bond donors (Lipinski definition) is 0. The van der Waals surface area contributed by atoms with Crippen molar-refractivity contribution in [2.45, 2.75) is 32.1 Å².